The highest BCUT2D eigenvalue weighted by Gasteiger charge is 1.97. The highest BCUT2D eigenvalue weighted by molar-refractivity contribution is 6.14. The van der Waals surface area contributed by atoms with Crippen LogP contribution < -0.4 is 5.73 Å². The van der Waals surface area contributed by atoms with Crippen LogP contribution in [0.25, 0.3) is 0 Å². The highest BCUT2D eigenvalue weighted by atomic mass is 16.3. The molecular formula is C12H11NO3. The maximum absolute atomic E-state index is 10.3. The molecule has 0 atom stereocenters. The van der Waals surface area contributed by atoms with E-state index < -0.39 is 0 Å². The van der Waals surface area contributed by atoms with Crippen molar-refractivity contribution in [3.63, 3.8) is 0 Å². The molecule has 2 rings (SSSR count). The molecule has 0 spiro atoms. The Morgan fingerprint density at radius 1 is 0.812 bits per heavy atom. The summed E-state index contributed by atoms with van der Waals surface area (Å²) in [6.07, 6.45) is 5.01. The summed E-state index contributed by atoms with van der Waals surface area (Å²) in [6, 6.07) is 6.40. The van der Waals surface area contributed by atoms with Crippen LogP contribution in [-0.4, -0.2) is 16.7 Å². The van der Waals surface area contributed by atoms with E-state index in [9.17, 15) is 9.59 Å². The fourth-order valence-corrected chi connectivity index (χ4v) is 0.914. The van der Waals surface area contributed by atoms with Gasteiger partial charge in [0.1, 0.15) is 5.75 Å². The molecule has 0 aliphatic heterocycles. The molecule has 0 fully saturated rings. The average Bonchev–Trinajstić information content (AvgIpc) is 2.28. The Morgan fingerprint density at radius 2 is 1.19 bits per heavy atom. The molecule has 1 aromatic rings. The van der Waals surface area contributed by atoms with Gasteiger partial charge in [-0.1, -0.05) is 0 Å². The molecule has 0 saturated carbocycles. The van der Waals surface area contributed by atoms with Crippen LogP contribution in [0.5, 0.6) is 5.75 Å². The van der Waals surface area contributed by atoms with E-state index in [-0.39, 0.29) is 17.3 Å². The molecule has 82 valence electrons. The van der Waals surface area contributed by atoms with Gasteiger partial charge in [-0.25, -0.2) is 0 Å². The molecule has 3 N–H and O–H groups in total. The van der Waals surface area contributed by atoms with Crippen molar-refractivity contribution < 1.29 is 14.7 Å². The zero-order valence-corrected chi connectivity index (χ0v) is 8.46. The molecule has 0 unspecified atom stereocenters. The minimum absolute atomic E-state index is 0.121. The van der Waals surface area contributed by atoms with Gasteiger partial charge in [0.05, 0.1) is 0 Å². The fourth-order valence-electron chi connectivity index (χ4n) is 0.914. The van der Waals surface area contributed by atoms with Gasteiger partial charge in [0, 0.05) is 5.69 Å². The number of aromatic hydroxyl groups is 1. The number of hydrogen-bond acceptors (Lipinski definition) is 4. The lowest BCUT2D eigenvalue weighted by molar-refractivity contribution is -0.113. The summed E-state index contributed by atoms with van der Waals surface area (Å²) in [5.41, 5.74) is 5.98. The number of benzene rings is 1. The number of ketones is 2. The third-order valence-corrected chi connectivity index (χ3v) is 1.72. The van der Waals surface area contributed by atoms with Crippen LogP contribution in [0.3, 0.4) is 0 Å². The van der Waals surface area contributed by atoms with E-state index in [0.717, 1.165) is 0 Å². The molecular weight excluding hydrogens is 206 g/mol. The predicted molar refractivity (Wildman–Crippen MR) is 60.8 cm³/mol. The van der Waals surface area contributed by atoms with Crippen molar-refractivity contribution in [2.75, 3.05) is 5.73 Å². The predicted octanol–water partition coefficient (Wildman–Crippen LogP) is 1.22. The molecule has 4 heteroatoms. The number of carbonyl (C=O) groups is 2. The van der Waals surface area contributed by atoms with E-state index in [1.807, 2.05) is 0 Å². The maximum Gasteiger partial charge on any atom is 0.178 e. The summed E-state index contributed by atoms with van der Waals surface area (Å²) in [6.45, 7) is 0. The summed E-state index contributed by atoms with van der Waals surface area (Å²) in [7, 11) is 0. The lowest BCUT2D eigenvalue weighted by Gasteiger charge is -1.89. The number of phenols is 1. The van der Waals surface area contributed by atoms with Crippen LogP contribution in [0.4, 0.5) is 5.69 Å². The molecule has 0 saturated heterocycles. The summed E-state index contributed by atoms with van der Waals surface area (Å²) < 4.78 is 0. The second-order valence-corrected chi connectivity index (χ2v) is 3.06. The number of allylic oxidation sites excluding steroid dienone is 4. The van der Waals surface area contributed by atoms with E-state index >= 15 is 0 Å². The first-order valence-corrected chi connectivity index (χ1v) is 4.56. The maximum atomic E-state index is 10.3. The quantitative estimate of drug-likeness (QED) is 0.389. The smallest absolute Gasteiger partial charge is 0.178 e. The van der Waals surface area contributed by atoms with Crippen molar-refractivity contribution in [3.8, 4) is 5.75 Å². The van der Waals surface area contributed by atoms with Gasteiger partial charge in [0.2, 0.25) is 0 Å². The SMILES string of the molecule is Nc1ccc(O)cc1.O=C1C=CC(=O)C=C1. The first-order chi connectivity index (χ1) is 7.58. The van der Waals surface area contributed by atoms with Gasteiger partial charge in [-0.3, -0.25) is 9.59 Å². The number of phenolic OH excluding ortho intramolecular Hbond substituents is 1. The molecule has 4 nitrogen and oxygen atoms in total. The molecule has 1 aromatic carbocycles. The molecule has 1 aliphatic carbocycles. The molecule has 0 bridgehead atoms. The summed E-state index contributed by atoms with van der Waals surface area (Å²) in [5, 5.41) is 8.70. The third-order valence-electron chi connectivity index (χ3n) is 1.72. The second-order valence-electron chi connectivity index (χ2n) is 3.06. The van der Waals surface area contributed by atoms with Crippen molar-refractivity contribution >= 4 is 17.3 Å². The van der Waals surface area contributed by atoms with Crippen LogP contribution in [0.1, 0.15) is 0 Å². The first kappa shape index (κ1) is 11.7. The van der Waals surface area contributed by atoms with E-state index in [0.29, 0.717) is 5.69 Å². The van der Waals surface area contributed by atoms with Crippen LogP contribution in [0, 0.1) is 0 Å². The zero-order chi connectivity index (χ0) is 12.0. The van der Waals surface area contributed by atoms with E-state index in [4.69, 9.17) is 10.8 Å². The van der Waals surface area contributed by atoms with Gasteiger partial charge in [0.15, 0.2) is 11.6 Å². The minimum Gasteiger partial charge on any atom is -0.508 e. The van der Waals surface area contributed by atoms with Crippen LogP contribution in [0.15, 0.2) is 48.6 Å². The molecule has 0 aromatic heterocycles. The Kier molecular flexibility index (Phi) is 4.03. The molecule has 1 aliphatic rings. The van der Waals surface area contributed by atoms with Gasteiger partial charge < -0.3 is 10.8 Å². The van der Waals surface area contributed by atoms with Crippen LogP contribution in [-0.2, 0) is 9.59 Å². The summed E-state index contributed by atoms with van der Waals surface area (Å²) in [5.74, 6) is 0.00778. The van der Waals surface area contributed by atoms with Gasteiger partial charge >= 0.3 is 0 Å². The lowest BCUT2D eigenvalue weighted by Crippen LogP contribution is -1.97. The van der Waals surface area contributed by atoms with E-state index in [2.05, 4.69) is 0 Å². The largest absolute Gasteiger partial charge is 0.508 e. The van der Waals surface area contributed by atoms with Crippen molar-refractivity contribution in [1.29, 1.82) is 0 Å². The average molecular weight is 217 g/mol. The fraction of sp³-hybridized carbons (Fsp3) is 0. The summed E-state index contributed by atoms with van der Waals surface area (Å²) in [4.78, 5) is 20.6. The molecule has 0 amide bonds. The van der Waals surface area contributed by atoms with Crippen molar-refractivity contribution in [2.24, 2.45) is 0 Å². The first-order valence-electron chi connectivity index (χ1n) is 4.56. The van der Waals surface area contributed by atoms with Crippen molar-refractivity contribution in [3.05, 3.63) is 48.6 Å². The topological polar surface area (TPSA) is 80.4 Å². The normalized spacial score (nSPS) is 13.2. The number of hydrogen-bond donors (Lipinski definition) is 2. The van der Waals surface area contributed by atoms with Crippen molar-refractivity contribution in [2.45, 2.75) is 0 Å². The molecule has 0 heterocycles. The Balaban J connectivity index is 0.000000160. The van der Waals surface area contributed by atoms with Crippen LogP contribution in [0.2, 0.25) is 0 Å². The van der Waals surface area contributed by atoms with Gasteiger partial charge in [-0.15, -0.1) is 0 Å². The van der Waals surface area contributed by atoms with Gasteiger partial charge in [-0.2, -0.15) is 0 Å². The minimum atomic E-state index is -0.121. The lowest BCUT2D eigenvalue weighted by atomic mass is 10.2. The Bertz CT molecular complexity index is 385. The molecule has 0 radical (unpaired) electrons. The number of carbonyl (C=O) groups excluding carboxylic acids is 2. The standard InChI is InChI=1S/C6H7NO.C6H4O2/c7-5-1-3-6(8)4-2-5;7-5-1-2-6(8)4-3-5/h1-4,8H,7H2;1-4H. The van der Waals surface area contributed by atoms with E-state index in [1.54, 1.807) is 24.3 Å². The Hall–Kier alpha value is -2.36. The second kappa shape index (κ2) is 5.50. The van der Waals surface area contributed by atoms with Crippen molar-refractivity contribution in [1.82, 2.24) is 0 Å². The third kappa shape index (κ3) is 4.23. The van der Waals surface area contributed by atoms with Crippen LogP contribution >= 0.6 is 0 Å². The highest BCUT2D eigenvalue weighted by Crippen LogP contribution is 2.09. The van der Waals surface area contributed by atoms with Gasteiger partial charge in [-0.05, 0) is 48.6 Å². The molecule has 16 heavy (non-hydrogen) atoms. The summed E-state index contributed by atoms with van der Waals surface area (Å²) >= 11 is 0. The van der Waals surface area contributed by atoms with Gasteiger partial charge in [0.25, 0.3) is 0 Å². The number of nitrogen functional groups attached to an aromatic ring is 1. The Labute approximate surface area is 92.7 Å². The monoisotopic (exact) mass is 217 g/mol. The number of anilines is 1. The number of rotatable bonds is 0. The Morgan fingerprint density at radius 3 is 1.50 bits per heavy atom. The van der Waals surface area contributed by atoms with E-state index in [1.165, 1.54) is 24.3 Å². The number of nitrogens with two attached hydrogens (primary N) is 1. The zero-order valence-electron chi connectivity index (χ0n) is 8.46.